The summed E-state index contributed by atoms with van der Waals surface area (Å²) < 4.78 is 86.3. The molecule has 3 aliphatic rings. The van der Waals surface area contributed by atoms with Gasteiger partial charge in [-0.3, -0.25) is 14.5 Å². The van der Waals surface area contributed by atoms with Gasteiger partial charge in [0.05, 0.1) is 29.9 Å². The maximum atomic E-state index is 13.6. The molecule has 0 saturated carbocycles. The first-order valence-corrected chi connectivity index (χ1v) is 14.3. The molecule has 3 unspecified atom stereocenters. The standard InChI is InChI=1S/C29H30F6N2O3.C2H6/c1-17-5-2-3-7-22(17)26-23-14-24(36-9-4-6-21(38)8-10-36)27(39)37(23)15-25(26)40-16-18-11-19(28(30,31)32)13-20(12-18)29(33,34)35;1-2/h2-3,5,7,11-13,23-26H,4,6,8-10,14-16H2,1H3;1-2H3/t23?,24?,25-,26?;/m0./s1. The number of fused-ring (bicyclic) bond motifs is 1. The predicted octanol–water partition coefficient (Wildman–Crippen LogP) is 6.77. The van der Waals surface area contributed by atoms with Crippen LogP contribution in [0.15, 0.2) is 42.5 Å². The highest BCUT2D eigenvalue weighted by Crippen LogP contribution is 2.44. The predicted molar refractivity (Wildman–Crippen MR) is 145 cm³/mol. The van der Waals surface area contributed by atoms with Gasteiger partial charge in [0.2, 0.25) is 5.91 Å². The number of benzene rings is 2. The maximum absolute atomic E-state index is 13.6. The van der Waals surface area contributed by atoms with E-state index in [2.05, 4.69) is 4.90 Å². The third-order valence-corrected chi connectivity index (χ3v) is 8.30. The van der Waals surface area contributed by atoms with E-state index in [1.165, 1.54) is 0 Å². The number of rotatable bonds is 5. The van der Waals surface area contributed by atoms with Crippen molar-refractivity contribution in [3.8, 4) is 0 Å². The van der Waals surface area contributed by atoms with Gasteiger partial charge in [-0.15, -0.1) is 0 Å². The Hall–Kier alpha value is -2.92. The molecule has 2 aromatic carbocycles. The van der Waals surface area contributed by atoms with Gasteiger partial charge in [-0.25, -0.2) is 0 Å². The molecule has 42 heavy (non-hydrogen) atoms. The number of alkyl halides is 6. The second kappa shape index (κ2) is 12.8. The zero-order valence-electron chi connectivity index (χ0n) is 23.9. The average Bonchev–Trinajstić information content (AvgIpc) is 3.36. The number of ketones is 1. The largest absolute Gasteiger partial charge is 0.416 e. The monoisotopic (exact) mass is 598 g/mol. The first-order valence-electron chi connectivity index (χ1n) is 14.3. The van der Waals surface area contributed by atoms with Gasteiger partial charge in [0.25, 0.3) is 0 Å². The third kappa shape index (κ3) is 6.83. The summed E-state index contributed by atoms with van der Waals surface area (Å²) in [5.74, 6) is -0.206. The van der Waals surface area contributed by atoms with Crippen LogP contribution in [0.3, 0.4) is 0 Å². The number of aryl methyl sites for hydroxylation is 1. The lowest BCUT2D eigenvalue weighted by atomic mass is 9.85. The van der Waals surface area contributed by atoms with Crippen molar-refractivity contribution in [2.24, 2.45) is 0 Å². The first kappa shape index (κ1) is 32.0. The van der Waals surface area contributed by atoms with E-state index in [1.807, 2.05) is 45.0 Å². The first-order chi connectivity index (χ1) is 19.8. The van der Waals surface area contributed by atoms with Gasteiger partial charge in [-0.1, -0.05) is 38.1 Å². The smallest absolute Gasteiger partial charge is 0.371 e. The Morgan fingerprint density at radius 3 is 2.17 bits per heavy atom. The molecule has 4 atom stereocenters. The van der Waals surface area contributed by atoms with Crippen molar-refractivity contribution in [2.45, 2.75) is 89.5 Å². The molecule has 0 aliphatic carbocycles. The highest BCUT2D eigenvalue weighted by molar-refractivity contribution is 5.86. The molecule has 0 bridgehead atoms. The molecule has 0 spiro atoms. The summed E-state index contributed by atoms with van der Waals surface area (Å²) in [7, 11) is 0. The van der Waals surface area contributed by atoms with Gasteiger partial charge in [0, 0.05) is 37.9 Å². The second-order valence-corrected chi connectivity index (χ2v) is 10.9. The molecule has 230 valence electrons. The summed E-state index contributed by atoms with van der Waals surface area (Å²) in [5, 5.41) is 0. The molecule has 0 N–H and O–H groups in total. The van der Waals surface area contributed by atoms with E-state index in [9.17, 15) is 35.9 Å². The highest BCUT2D eigenvalue weighted by Gasteiger charge is 2.54. The van der Waals surface area contributed by atoms with Crippen molar-refractivity contribution in [3.05, 3.63) is 70.3 Å². The summed E-state index contributed by atoms with van der Waals surface area (Å²) in [6.07, 6.45) is -8.42. The minimum absolute atomic E-state index is 0.0811. The van der Waals surface area contributed by atoms with Crippen LogP contribution in [0.5, 0.6) is 0 Å². The van der Waals surface area contributed by atoms with Gasteiger partial charge in [-0.2, -0.15) is 26.3 Å². The third-order valence-electron chi connectivity index (χ3n) is 8.30. The van der Waals surface area contributed by atoms with Crippen LogP contribution in [0.2, 0.25) is 0 Å². The summed E-state index contributed by atoms with van der Waals surface area (Å²) >= 11 is 0. The summed E-state index contributed by atoms with van der Waals surface area (Å²) in [4.78, 5) is 29.3. The van der Waals surface area contributed by atoms with E-state index >= 15 is 0 Å². The SMILES string of the molecule is CC.Cc1ccccc1C1C2CC(N3CCCC(=O)CC3)C(=O)N2C[C@@H]1OCc1cc(C(F)(F)F)cc(C(F)(F)F)c1. The van der Waals surface area contributed by atoms with Crippen molar-refractivity contribution < 1.29 is 40.7 Å². The van der Waals surface area contributed by atoms with Crippen LogP contribution in [-0.2, 0) is 33.3 Å². The topological polar surface area (TPSA) is 49.9 Å². The lowest BCUT2D eigenvalue weighted by Crippen LogP contribution is -2.43. The minimum Gasteiger partial charge on any atom is -0.371 e. The molecule has 0 aromatic heterocycles. The number of hydrogen-bond donors (Lipinski definition) is 0. The fourth-order valence-corrected chi connectivity index (χ4v) is 6.36. The lowest BCUT2D eigenvalue weighted by Gasteiger charge is -2.28. The number of carbonyl (C=O) groups is 2. The number of halogens is 6. The molecular formula is C31H36F6N2O3. The molecule has 5 nitrogen and oxygen atoms in total. The number of Topliss-reactive ketones (excluding diaryl/α,β-unsaturated/α-hetero) is 1. The molecule has 3 heterocycles. The van der Waals surface area contributed by atoms with Gasteiger partial charge >= 0.3 is 12.4 Å². The zero-order chi connectivity index (χ0) is 30.8. The van der Waals surface area contributed by atoms with E-state index < -0.39 is 36.2 Å². The molecule has 2 aromatic rings. The summed E-state index contributed by atoms with van der Waals surface area (Å²) in [6, 6.07) is 8.42. The van der Waals surface area contributed by atoms with Gasteiger partial charge in [0.15, 0.2) is 0 Å². The van der Waals surface area contributed by atoms with Crippen molar-refractivity contribution >= 4 is 11.7 Å². The Bertz CT molecular complexity index is 1250. The molecule has 0 radical (unpaired) electrons. The van der Waals surface area contributed by atoms with E-state index in [0.717, 1.165) is 11.1 Å². The molecule has 1 amide bonds. The van der Waals surface area contributed by atoms with Crippen LogP contribution in [0.25, 0.3) is 0 Å². The van der Waals surface area contributed by atoms with Crippen LogP contribution >= 0.6 is 0 Å². The Morgan fingerprint density at radius 2 is 1.55 bits per heavy atom. The Labute approximate surface area is 241 Å². The Kier molecular flexibility index (Phi) is 9.72. The lowest BCUT2D eigenvalue weighted by molar-refractivity contribution is -0.143. The normalized spacial score (nSPS) is 25.2. The van der Waals surface area contributed by atoms with Crippen molar-refractivity contribution in [1.29, 1.82) is 0 Å². The average molecular weight is 599 g/mol. The molecule has 3 fully saturated rings. The van der Waals surface area contributed by atoms with Gasteiger partial charge in [0.1, 0.15) is 5.78 Å². The van der Waals surface area contributed by atoms with Crippen LogP contribution in [0, 0.1) is 6.92 Å². The zero-order valence-corrected chi connectivity index (χ0v) is 23.9. The Morgan fingerprint density at radius 1 is 0.905 bits per heavy atom. The van der Waals surface area contributed by atoms with E-state index in [0.29, 0.717) is 50.9 Å². The fourth-order valence-electron chi connectivity index (χ4n) is 6.36. The maximum Gasteiger partial charge on any atom is 0.416 e. The molecule has 11 heteroatoms. The molecule has 3 aliphatic heterocycles. The van der Waals surface area contributed by atoms with Crippen LogP contribution < -0.4 is 0 Å². The van der Waals surface area contributed by atoms with Crippen LogP contribution in [0.1, 0.15) is 73.3 Å². The number of hydrogen-bond acceptors (Lipinski definition) is 4. The van der Waals surface area contributed by atoms with E-state index in [1.54, 1.807) is 4.90 Å². The number of carbonyl (C=O) groups excluding carboxylic acids is 2. The summed E-state index contributed by atoms with van der Waals surface area (Å²) in [6.45, 7) is 6.80. The summed E-state index contributed by atoms with van der Waals surface area (Å²) in [5.41, 5.74) is -1.14. The van der Waals surface area contributed by atoms with Crippen LogP contribution in [-0.4, -0.2) is 59.3 Å². The number of amides is 1. The fraction of sp³-hybridized carbons (Fsp3) is 0.548. The van der Waals surface area contributed by atoms with E-state index in [-0.39, 0.29) is 47.9 Å². The molecular weight excluding hydrogens is 562 g/mol. The van der Waals surface area contributed by atoms with Crippen LogP contribution in [0.4, 0.5) is 26.3 Å². The number of nitrogens with zero attached hydrogens (tertiary/aromatic N) is 2. The second-order valence-electron chi connectivity index (χ2n) is 10.9. The van der Waals surface area contributed by atoms with E-state index in [4.69, 9.17) is 4.74 Å². The number of ether oxygens (including phenoxy) is 1. The highest BCUT2D eigenvalue weighted by atomic mass is 19.4. The van der Waals surface area contributed by atoms with Crippen molar-refractivity contribution in [1.82, 2.24) is 9.80 Å². The number of likely N-dealkylation sites (tertiary alicyclic amines) is 1. The van der Waals surface area contributed by atoms with Crippen molar-refractivity contribution in [2.75, 3.05) is 19.6 Å². The molecule has 3 saturated heterocycles. The Balaban J connectivity index is 0.00000198. The van der Waals surface area contributed by atoms with Gasteiger partial charge in [-0.05, 0) is 61.2 Å². The van der Waals surface area contributed by atoms with Gasteiger partial charge < -0.3 is 9.64 Å². The van der Waals surface area contributed by atoms with Crippen molar-refractivity contribution in [3.63, 3.8) is 0 Å². The quantitative estimate of drug-likeness (QED) is 0.357. The molecule has 5 rings (SSSR count). The minimum atomic E-state index is -4.95.